The summed E-state index contributed by atoms with van der Waals surface area (Å²) in [6.45, 7) is 1.64. The molecule has 2 aromatic heterocycles. The maximum atomic E-state index is 13.1. The van der Waals surface area contributed by atoms with Gasteiger partial charge in [-0.05, 0) is 78.0 Å². The standard InChI is InChI=1S/C31H32N2O2S/c34-28-20-25(22-8-3-14-33(15-12-22)31(35)29-10-4-16-36-29)19-26(28)18-21-5-1-7-24(17-21)27-9-2-6-23-11-13-32-30(23)27/h1-2,4-7,9-11,13,16-17,22,25-26,32H,3,8,12,14-15,18-20H2. The van der Waals surface area contributed by atoms with Crippen molar-refractivity contribution in [2.24, 2.45) is 17.8 Å². The molecule has 184 valence electrons. The van der Waals surface area contributed by atoms with Crippen molar-refractivity contribution in [2.45, 2.75) is 38.5 Å². The summed E-state index contributed by atoms with van der Waals surface area (Å²) in [5, 5.41) is 3.18. The molecule has 36 heavy (non-hydrogen) atoms. The average molecular weight is 497 g/mol. The molecule has 2 aliphatic rings. The normalized spacial score (nSPS) is 22.7. The first-order valence-electron chi connectivity index (χ1n) is 13.2. The maximum Gasteiger partial charge on any atom is 0.263 e. The fraction of sp³-hybridized carbons (Fsp3) is 0.355. The Balaban J connectivity index is 1.11. The van der Waals surface area contributed by atoms with Crippen molar-refractivity contribution in [1.82, 2.24) is 9.88 Å². The number of ketones is 1. The summed E-state index contributed by atoms with van der Waals surface area (Å²) in [5.41, 5.74) is 4.80. The predicted octanol–water partition coefficient (Wildman–Crippen LogP) is 6.98. The number of benzene rings is 2. The summed E-state index contributed by atoms with van der Waals surface area (Å²) in [4.78, 5) is 32.1. The van der Waals surface area contributed by atoms with Crippen LogP contribution < -0.4 is 0 Å². The van der Waals surface area contributed by atoms with Crippen LogP contribution in [0.5, 0.6) is 0 Å². The molecule has 4 aromatic rings. The van der Waals surface area contributed by atoms with E-state index in [0.29, 0.717) is 24.0 Å². The lowest BCUT2D eigenvalue weighted by Gasteiger charge is -2.22. The number of nitrogens with zero attached hydrogens (tertiary/aromatic N) is 1. The molecule has 6 rings (SSSR count). The van der Waals surface area contributed by atoms with E-state index in [1.54, 1.807) is 0 Å². The van der Waals surface area contributed by atoms with E-state index in [1.807, 2.05) is 28.6 Å². The Morgan fingerprint density at radius 3 is 2.81 bits per heavy atom. The molecule has 1 saturated carbocycles. The first kappa shape index (κ1) is 23.2. The van der Waals surface area contributed by atoms with Crippen LogP contribution in [0.3, 0.4) is 0 Å². The van der Waals surface area contributed by atoms with Crippen LogP contribution in [-0.2, 0) is 11.2 Å². The van der Waals surface area contributed by atoms with Gasteiger partial charge < -0.3 is 9.88 Å². The topological polar surface area (TPSA) is 53.2 Å². The van der Waals surface area contributed by atoms with Crippen molar-refractivity contribution < 1.29 is 9.59 Å². The van der Waals surface area contributed by atoms with E-state index in [2.05, 4.69) is 53.5 Å². The SMILES string of the molecule is O=C1CC(C2CCCN(C(=O)c3cccs3)CC2)CC1Cc1cccc(-c2cccc3cc[nH]c23)c1. The van der Waals surface area contributed by atoms with E-state index in [9.17, 15) is 9.59 Å². The van der Waals surface area contributed by atoms with E-state index in [0.717, 1.165) is 55.6 Å². The lowest BCUT2D eigenvalue weighted by molar-refractivity contribution is -0.120. The highest BCUT2D eigenvalue weighted by molar-refractivity contribution is 7.12. The van der Waals surface area contributed by atoms with Gasteiger partial charge >= 0.3 is 0 Å². The smallest absolute Gasteiger partial charge is 0.263 e. The molecule has 3 heterocycles. The first-order valence-corrected chi connectivity index (χ1v) is 14.0. The monoisotopic (exact) mass is 496 g/mol. The van der Waals surface area contributed by atoms with Gasteiger partial charge in [0, 0.05) is 37.2 Å². The molecule has 1 aliphatic heterocycles. The molecule has 3 atom stereocenters. The molecule has 1 N–H and O–H groups in total. The fourth-order valence-electron chi connectivity index (χ4n) is 6.39. The number of aromatic nitrogens is 1. The highest BCUT2D eigenvalue weighted by Crippen LogP contribution is 2.40. The molecule has 1 amide bonds. The minimum Gasteiger partial charge on any atom is -0.361 e. The van der Waals surface area contributed by atoms with Crippen LogP contribution in [0.1, 0.15) is 47.3 Å². The number of hydrogen-bond acceptors (Lipinski definition) is 3. The second-order valence-corrected chi connectivity index (χ2v) is 11.4. The molecule has 0 spiro atoms. The Kier molecular flexibility index (Phi) is 6.49. The number of H-pyrrole nitrogens is 1. The molecule has 5 heteroatoms. The van der Waals surface area contributed by atoms with Gasteiger partial charge in [0.25, 0.3) is 5.91 Å². The van der Waals surface area contributed by atoms with Gasteiger partial charge in [0.1, 0.15) is 5.78 Å². The zero-order chi connectivity index (χ0) is 24.5. The summed E-state index contributed by atoms with van der Waals surface area (Å²) >= 11 is 1.52. The Labute approximate surface area is 216 Å². The molecular formula is C31H32N2O2S. The summed E-state index contributed by atoms with van der Waals surface area (Å²) < 4.78 is 0. The minimum atomic E-state index is 0.110. The van der Waals surface area contributed by atoms with Gasteiger partial charge in [0.2, 0.25) is 0 Å². The number of Topliss-reactive ketones (excluding diaryl/α,β-unsaturated/α-hetero) is 1. The number of amides is 1. The molecule has 4 nitrogen and oxygen atoms in total. The number of carbonyl (C=O) groups is 2. The largest absolute Gasteiger partial charge is 0.361 e. The van der Waals surface area contributed by atoms with E-state index < -0.39 is 0 Å². The summed E-state index contributed by atoms with van der Waals surface area (Å²) in [6, 6.07) is 21.1. The highest BCUT2D eigenvalue weighted by Gasteiger charge is 2.37. The molecule has 2 fully saturated rings. The zero-order valence-corrected chi connectivity index (χ0v) is 21.3. The van der Waals surface area contributed by atoms with Crippen molar-refractivity contribution in [3.05, 3.63) is 82.7 Å². The molecular weight excluding hydrogens is 464 g/mol. The van der Waals surface area contributed by atoms with Gasteiger partial charge in [0.05, 0.1) is 10.4 Å². The summed E-state index contributed by atoms with van der Waals surface area (Å²) in [6.07, 6.45) is 7.66. The van der Waals surface area contributed by atoms with E-state index in [4.69, 9.17) is 0 Å². The van der Waals surface area contributed by atoms with Crippen LogP contribution in [0.2, 0.25) is 0 Å². The van der Waals surface area contributed by atoms with Crippen LogP contribution in [0.25, 0.3) is 22.0 Å². The quantitative estimate of drug-likeness (QED) is 0.324. The van der Waals surface area contributed by atoms with Crippen LogP contribution in [0, 0.1) is 17.8 Å². The third kappa shape index (κ3) is 4.64. The molecule has 1 saturated heterocycles. The van der Waals surface area contributed by atoms with Crippen LogP contribution in [-0.4, -0.2) is 34.7 Å². The van der Waals surface area contributed by atoms with E-state index in [-0.39, 0.29) is 11.8 Å². The third-order valence-electron chi connectivity index (χ3n) is 8.27. The fourth-order valence-corrected chi connectivity index (χ4v) is 7.08. The van der Waals surface area contributed by atoms with Crippen LogP contribution in [0.15, 0.2) is 72.2 Å². The lowest BCUT2D eigenvalue weighted by atomic mass is 9.84. The Morgan fingerprint density at radius 1 is 1.00 bits per heavy atom. The molecule has 2 aromatic carbocycles. The number of rotatable bonds is 5. The number of likely N-dealkylation sites (tertiary alicyclic amines) is 1. The summed E-state index contributed by atoms with van der Waals surface area (Å²) in [7, 11) is 0. The van der Waals surface area contributed by atoms with Gasteiger partial charge in [-0.1, -0.05) is 48.5 Å². The van der Waals surface area contributed by atoms with E-state index in [1.165, 1.54) is 33.4 Å². The third-order valence-corrected chi connectivity index (χ3v) is 9.13. The molecule has 1 aliphatic carbocycles. The van der Waals surface area contributed by atoms with Crippen molar-refractivity contribution in [3.8, 4) is 11.1 Å². The van der Waals surface area contributed by atoms with Crippen molar-refractivity contribution in [2.75, 3.05) is 13.1 Å². The number of fused-ring (bicyclic) bond motifs is 1. The number of nitrogens with one attached hydrogen (secondary N) is 1. The van der Waals surface area contributed by atoms with Gasteiger partial charge in [0.15, 0.2) is 0 Å². The van der Waals surface area contributed by atoms with Gasteiger partial charge in [-0.2, -0.15) is 0 Å². The van der Waals surface area contributed by atoms with Crippen molar-refractivity contribution in [1.29, 1.82) is 0 Å². The van der Waals surface area contributed by atoms with E-state index >= 15 is 0 Å². The number of carbonyl (C=O) groups excluding carboxylic acids is 2. The van der Waals surface area contributed by atoms with Crippen molar-refractivity contribution >= 4 is 33.9 Å². The zero-order valence-electron chi connectivity index (χ0n) is 20.5. The van der Waals surface area contributed by atoms with Gasteiger partial charge in [-0.15, -0.1) is 11.3 Å². The minimum absolute atomic E-state index is 0.110. The number of para-hydroxylation sites is 1. The van der Waals surface area contributed by atoms with Crippen LogP contribution in [0.4, 0.5) is 0 Å². The predicted molar refractivity (Wildman–Crippen MR) is 146 cm³/mol. The number of aromatic amines is 1. The Bertz CT molecular complexity index is 1370. The second kappa shape index (κ2) is 10.1. The summed E-state index contributed by atoms with van der Waals surface area (Å²) in [5.74, 6) is 1.69. The highest BCUT2D eigenvalue weighted by atomic mass is 32.1. The Hall–Kier alpha value is -3.18. The Morgan fingerprint density at radius 2 is 1.92 bits per heavy atom. The maximum absolute atomic E-state index is 13.1. The van der Waals surface area contributed by atoms with Crippen molar-refractivity contribution in [3.63, 3.8) is 0 Å². The molecule has 0 radical (unpaired) electrons. The lowest BCUT2D eigenvalue weighted by Crippen LogP contribution is -2.31. The number of thiophene rings is 1. The second-order valence-electron chi connectivity index (χ2n) is 10.5. The molecule has 3 unspecified atom stereocenters. The molecule has 0 bridgehead atoms. The van der Waals surface area contributed by atoms with Gasteiger partial charge in [-0.25, -0.2) is 0 Å². The first-order chi connectivity index (χ1) is 17.7. The number of hydrogen-bond donors (Lipinski definition) is 1. The average Bonchev–Trinajstić information content (AvgIpc) is 3.63. The van der Waals surface area contributed by atoms with Gasteiger partial charge in [-0.3, -0.25) is 9.59 Å². The van der Waals surface area contributed by atoms with Crippen LogP contribution >= 0.6 is 11.3 Å².